The average molecular weight is 361 g/mol. The molecule has 0 bridgehead atoms. The van der Waals surface area contributed by atoms with Crippen molar-refractivity contribution in [2.24, 2.45) is 0 Å². The maximum Gasteiger partial charge on any atom is 0.245 e. The molecule has 0 saturated carbocycles. The molecule has 1 fully saturated rings. The monoisotopic (exact) mass is 361 g/mol. The molecule has 0 aliphatic carbocycles. The summed E-state index contributed by atoms with van der Waals surface area (Å²) in [6.45, 7) is 9.51. The Labute approximate surface area is 161 Å². The van der Waals surface area contributed by atoms with Crippen molar-refractivity contribution in [2.75, 3.05) is 32.7 Å². The fourth-order valence-corrected chi connectivity index (χ4v) is 4.06. The molecule has 0 spiro atoms. The van der Waals surface area contributed by atoms with Crippen LogP contribution in [-0.2, 0) is 6.54 Å². The highest BCUT2D eigenvalue weighted by molar-refractivity contribution is 5.96. The maximum atomic E-state index is 13.0. The molecule has 0 atom stereocenters. The number of benzene rings is 2. The molecular formula is C23H27N3O. The minimum atomic E-state index is 0.174. The summed E-state index contributed by atoms with van der Waals surface area (Å²) in [5.41, 5.74) is 4.64. The van der Waals surface area contributed by atoms with Gasteiger partial charge in [-0.1, -0.05) is 48.5 Å². The van der Waals surface area contributed by atoms with Crippen LogP contribution in [0.15, 0.2) is 54.6 Å². The number of hydrogen-bond donors (Lipinski definition) is 0. The highest BCUT2D eigenvalue weighted by Crippen LogP contribution is 2.24. The summed E-state index contributed by atoms with van der Waals surface area (Å²) in [4.78, 5) is 17.8. The van der Waals surface area contributed by atoms with Gasteiger partial charge in [0, 0.05) is 43.8 Å². The van der Waals surface area contributed by atoms with Gasteiger partial charge in [0.1, 0.15) is 0 Å². The van der Waals surface area contributed by atoms with Crippen LogP contribution in [0.3, 0.4) is 0 Å². The van der Waals surface area contributed by atoms with E-state index in [2.05, 4.69) is 53.1 Å². The molecule has 0 amide bonds. The first kappa shape index (κ1) is 18.0. The number of aryl methyl sites for hydroxylation is 1. The van der Waals surface area contributed by atoms with E-state index in [0.29, 0.717) is 6.54 Å². The third-order valence-corrected chi connectivity index (χ3v) is 5.75. The Morgan fingerprint density at radius 1 is 0.852 bits per heavy atom. The number of fused-ring (bicyclic) bond motifs is 1. The Bertz CT molecular complexity index is 937. The molecule has 4 rings (SSSR count). The third-order valence-electron chi connectivity index (χ3n) is 5.75. The molecule has 27 heavy (non-hydrogen) atoms. The topological polar surface area (TPSA) is 28.5 Å². The van der Waals surface area contributed by atoms with Crippen molar-refractivity contribution < 1.29 is 4.79 Å². The van der Waals surface area contributed by atoms with Gasteiger partial charge in [0.25, 0.3) is 0 Å². The van der Waals surface area contributed by atoms with Crippen molar-refractivity contribution in [1.82, 2.24) is 14.4 Å². The first-order valence-corrected chi connectivity index (χ1v) is 9.72. The van der Waals surface area contributed by atoms with Gasteiger partial charge in [-0.25, -0.2) is 0 Å². The van der Waals surface area contributed by atoms with Crippen LogP contribution >= 0.6 is 0 Å². The van der Waals surface area contributed by atoms with E-state index in [1.54, 1.807) is 0 Å². The molecule has 4 heteroatoms. The Morgan fingerprint density at radius 3 is 2.22 bits per heavy atom. The van der Waals surface area contributed by atoms with Crippen molar-refractivity contribution in [2.45, 2.75) is 20.4 Å². The summed E-state index contributed by atoms with van der Waals surface area (Å²) in [7, 11) is 0. The van der Waals surface area contributed by atoms with Crippen molar-refractivity contribution in [3.63, 3.8) is 0 Å². The SMILES string of the molecule is Cc1c(C)n(C(=O)CN2CCN(Cc3ccccc3)CC2)c2ccccc12. The van der Waals surface area contributed by atoms with Crippen molar-refractivity contribution in [1.29, 1.82) is 0 Å². The molecule has 0 radical (unpaired) electrons. The van der Waals surface area contributed by atoms with Gasteiger partial charge in [-0.05, 0) is 31.0 Å². The van der Waals surface area contributed by atoms with Crippen LogP contribution < -0.4 is 0 Å². The molecule has 140 valence electrons. The lowest BCUT2D eigenvalue weighted by Gasteiger charge is -2.34. The number of rotatable bonds is 4. The summed E-state index contributed by atoms with van der Waals surface area (Å²) < 4.78 is 1.90. The number of carbonyl (C=O) groups is 1. The fraction of sp³-hybridized carbons (Fsp3) is 0.348. The maximum absolute atomic E-state index is 13.0. The number of carbonyl (C=O) groups excluding carboxylic acids is 1. The zero-order valence-corrected chi connectivity index (χ0v) is 16.2. The predicted molar refractivity (Wildman–Crippen MR) is 110 cm³/mol. The molecule has 3 aromatic rings. The summed E-state index contributed by atoms with van der Waals surface area (Å²) in [6.07, 6.45) is 0. The number of nitrogens with zero attached hydrogens (tertiary/aromatic N) is 3. The predicted octanol–water partition coefficient (Wildman–Crippen LogP) is 3.72. The summed E-state index contributed by atoms with van der Waals surface area (Å²) in [5, 5.41) is 1.18. The molecule has 1 saturated heterocycles. The van der Waals surface area contributed by atoms with Gasteiger partial charge in [0.15, 0.2) is 0 Å². The molecule has 0 unspecified atom stereocenters. The van der Waals surface area contributed by atoms with Crippen molar-refractivity contribution in [3.05, 3.63) is 71.4 Å². The molecule has 2 heterocycles. The molecule has 2 aromatic carbocycles. The van der Waals surface area contributed by atoms with Crippen LogP contribution in [0.1, 0.15) is 21.6 Å². The lowest BCUT2D eigenvalue weighted by atomic mass is 10.2. The Balaban J connectivity index is 1.40. The highest BCUT2D eigenvalue weighted by atomic mass is 16.2. The van der Waals surface area contributed by atoms with Gasteiger partial charge in [-0.3, -0.25) is 19.2 Å². The first-order valence-electron chi connectivity index (χ1n) is 9.72. The minimum absolute atomic E-state index is 0.174. The van der Waals surface area contributed by atoms with E-state index in [9.17, 15) is 4.79 Å². The summed E-state index contributed by atoms with van der Waals surface area (Å²) in [6, 6.07) is 18.8. The first-order chi connectivity index (χ1) is 13.1. The Hall–Kier alpha value is -2.43. The van der Waals surface area contributed by atoms with Gasteiger partial charge in [0.2, 0.25) is 5.91 Å². The lowest BCUT2D eigenvalue weighted by molar-refractivity contribution is 0.0770. The van der Waals surface area contributed by atoms with E-state index in [-0.39, 0.29) is 5.91 Å². The molecule has 0 N–H and O–H groups in total. The van der Waals surface area contributed by atoms with E-state index >= 15 is 0 Å². The number of para-hydroxylation sites is 1. The van der Waals surface area contributed by atoms with Gasteiger partial charge in [0.05, 0.1) is 12.1 Å². The lowest BCUT2D eigenvalue weighted by Crippen LogP contribution is -2.48. The van der Waals surface area contributed by atoms with Crippen LogP contribution in [0.25, 0.3) is 10.9 Å². The van der Waals surface area contributed by atoms with E-state index in [0.717, 1.165) is 43.9 Å². The molecular weight excluding hydrogens is 334 g/mol. The summed E-state index contributed by atoms with van der Waals surface area (Å²) in [5.74, 6) is 0.174. The van der Waals surface area contributed by atoms with Crippen LogP contribution in [0.2, 0.25) is 0 Å². The Morgan fingerprint density at radius 2 is 1.48 bits per heavy atom. The number of aromatic nitrogens is 1. The van der Waals surface area contributed by atoms with Gasteiger partial charge < -0.3 is 0 Å². The molecule has 4 nitrogen and oxygen atoms in total. The second-order valence-electron chi connectivity index (χ2n) is 7.49. The van der Waals surface area contributed by atoms with E-state index in [1.807, 2.05) is 29.7 Å². The van der Waals surface area contributed by atoms with Crippen molar-refractivity contribution >= 4 is 16.8 Å². The zero-order valence-electron chi connectivity index (χ0n) is 16.2. The second-order valence-corrected chi connectivity index (χ2v) is 7.49. The number of piperazine rings is 1. The summed E-state index contributed by atoms with van der Waals surface area (Å²) >= 11 is 0. The molecule has 1 aliphatic heterocycles. The number of hydrogen-bond acceptors (Lipinski definition) is 3. The Kier molecular flexibility index (Phi) is 5.10. The van der Waals surface area contributed by atoms with E-state index in [4.69, 9.17) is 0 Å². The van der Waals surface area contributed by atoms with Crippen LogP contribution in [0.5, 0.6) is 0 Å². The smallest absolute Gasteiger partial charge is 0.245 e. The fourth-order valence-electron chi connectivity index (χ4n) is 4.06. The second kappa shape index (κ2) is 7.67. The highest BCUT2D eigenvalue weighted by Gasteiger charge is 2.22. The van der Waals surface area contributed by atoms with E-state index < -0.39 is 0 Å². The van der Waals surface area contributed by atoms with Gasteiger partial charge in [-0.2, -0.15) is 0 Å². The molecule has 1 aliphatic rings. The zero-order chi connectivity index (χ0) is 18.8. The largest absolute Gasteiger partial charge is 0.297 e. The third kappa shape index (κ3) is 3.68. The van der Waals surface area contributed by atoms with Crippen molar-refractivity contribution in [3.8, 4) is 0 Å². The van der Waals surface area contributed by atoms with E-state index in [1.165, 1.54) is 16.5 Å². The quantitative estimate of drug-likeness (QED) is 0.709. The standard InChI is InChI=1S/C23H27N3O/c1-18-19(2)26(22-11-7-6-10-21(18)22)23(27)17-25-14-12-24(13-15-25)16-20-8-4-3-5-9-20/h3-11H,12-17H2,1-2H3. The van der Waals surface area contributed by atoms with Crippen LogP contribution in [-0.4, -0.2) is 53.0 Å². The van der Waals surface area contributed by atoms with Gasteiger partial charge >= 0.3 is 0 Å². The minimum Gasteiger partial charge on any atom is -0.297 e. The normalized spacial score (nSPS) is 16.1. The van der Waals surface area contributed by atoms with Gasteiger partial charge in [-0.15, -0.1) is 0 Å². The van der Waals surface area contributed by atoms with Crippen LogP contribution in [0, 0.1) is 13.8 Å². The van der Waals surface area contributed by atoms with Crippen LogP contribution in [0.4, 0.5) is 0 Å². The average Bonchev–Trinajstić information content (AvgIpc) is 2.95. The molecule has 1 aromatic heterocycles.